The van der Waals surface area contributed by atoms with Gasteiger partial charge < -0.3 is 14.2 Å². The highest BCUT2D eigenvalue weighted by atomic mass is 16.3. The molecule has 0 bridgehead atoms. The summed E-state index contributed by atoms with van der Waals surface area (Å²) in [5.41, 5.74) is 1.95. The number of nitrogens with zero attached hydrogens (tertiary/aromatic N) is 4. The van der Waals surface area contributed by atoms with Gasteiger partial charge in [0.2, 0.25) is 11.7 Å². The molecule has 0 N–H and O–H groups in total. The zero-order valence-electron chi connectivity index (χ0n) is 19.3. The van der Waals surface area contributed by atoms with Crippen LogP contribution in [0, 0.1) is 18.3 Å². The van der Waals surface area contributed by atoms with E-state index in [1.165, 1.54) is 12.0 Å². The van der Waals surface area contributed by atoms with Crippen LogP contribution < -0.4 is 0 Å². The first-order valence-electron chi connectivity index (χ1n) is 12.0. The molecule has 1 aromatic carbocycles. The quantitative estimate of drug-likeness (QED) is 0.703. The van der Waals surface area contributed by atoms with Crippen LogP contribution in [0.2, 0.25) is 0 Å². The minimum Gasteiger partial charge on any atom is -0.438 e. The van der Waals surface area contributed by atoms with Crippen molar-refractivity contribution in [1.82, 2.24) is 19.7 Å². The van der Waals surface area contributed by atoms with Crippen LogP contribution in [0.15, 0.2) is 47.2 Å². The third-order valence-electron chi connectivity index (χ3n) is 7.63. The number of aryl methyl sites for hydroxylation is 1. The van der Waals surface area contributed by atoms with Crippen LogP contribution in [0.25, 0.3) is 6.08 Å². The van der Waals surface area contributed by atoms with Gasteiger partial charge >= 0.3 is 0 Å². The Balaban J connectivity index is 1.07. The molecule has 5 rings (SSSR count). The highest BCUT2D eigenvalue weighted by Crippen LogP contribution is 2.60. The van der Waals surface area contributed by atoms with Crippen LogP contribution >= 0.6 is 0 Å². The number of piperidine rings is 1. The van der Waals surface area contributed by atoms with Gasteiger partial charge in [0, 0.05) is 51.7 Å². The lowest BCUT2D eigenvalue weighted by molar-refractivity contribution is -0.135. The molecule has 2 aliphatic heterocycles. The number of likely N-dealkylation sites (tertiary alicyclic amines) is 1. The number of carbonyl (C=O) groups excluding carboxylic acids is 2. The summed E-state index contributed by atoms with van der Waals surface area (Å²) in [4.78, 5) is 36.2. The van der Waals surface area contributed by atoms with E-state index in [4.69, 9.17) is 4.42 Å². The lowest BCUT2D eigenvalue weighted by atomic mass is 9.90. The maximum atomic E-state index is 13.2. The third-order valence-corrected chi connectivity index (χ3v) is 7.63. The molecule has 7 heteroatoms. The molecule has 2 saturated heterocycles. The number of aromatic nitrogens is 1. The van der Waals surface area contributed by atoms with Crippen molar-refractivity contribution in [2.45, 2.75) is 26.2 Å². The largest absolute Gasteiger partial charge is 0.438 e. The van der Waals surface area contributed by atoms with E-state index in [0.29, 0.717) is 30.5 Å². The fourth-order valence-corrected chi connectivity index (χ4v) is 5.33. The topological polar surface area (TPSA) is 69.9 Å². The van der Waals surface area contributed by atoms with Crippen LogP contribution in [0.5, 0.6) is 0 Å². The molecule has 1 spiro atoms. The summed E-state index contributed by atoms with van der Waals surface area (Å²) >= 11 is 0. The standard InChI is InChI=1S/C26H32N4O3/c1-20-23(33-19-27-20)25(32)29-12-9-26(10-13-29)18-22(26)24(31)30-16-14-28(15-17-30)11-5-8-21-6-3-2-4-7-21/h2-8,19,22H,9-18H2,1H3/b8-5+. The number of rotatable bonds is 5. The van der Waals surface area contributed by atoms with E-state index in [1.807, 2.05) is 23.1 Å². The van der Waals surface area contributed by atoms with Crippen LogP contribution in [0.3, 0.4) is 0 Å². The lowest BCUT2D eigenvalue weighted by Gasteiger charge is -2.36. The second-order valence-electron chi connectivity index (χ2n) is 9.62. The Bertz CT molecular complexity index is 1020. The number of carbonyl (C=O) groups is 2. The molecule has 33 heavy (non-hydrogen) atoms. The Hall–Kier alpha value is -2.93. The predicted molar refractivity (Wildman–Crippen MR) is 125 cm³/mol. The summed E-state index contributed by atoms with van der Waals surface area (Å²) in [5.74, 6) is 0.707. The predicted octanol–water partition coefficient (Wildman–Crippen LogP) is 3.08. The Kier molecular flexibility index (Phi) is 6.06. The van der Waals surface area contributed by atoms with E-state index in [2.05, 4.69) is 39.1 Å². The number of hydrogen-bond donors (Lipinski definition) is 0. The van der Waals surface area contributed by atoms with Crippen LogP contribution in [0.4, 0.5) is 0 Å². The molecule has 2 aromatic rings. The normalized spacial score (nSPS) is 22.8. The zero-order chi connectivity index (χ0) is 22.8. The summed E-state index contributed by atoms with van der Waals surface area (Å²) in [6, 6.07) is 10.3. The fraction of sp³-hybridized carbons (Fsp3) is 0.500. The van der Waals surface area contributed by atoms with Gasteiger partial charge in [-0.3, -0.25) is 14.5 Å². The van der Waals surface area contributed by atoms with Crippen molar-refractivity contribution in [2.24, 2.45) is 11.3 Å². The molecule has 3 heterocycles. The first-order valence-corrected chi connectivity index (χ1v) is 12.0. The zero-order valence-corrected chi connectivity index (χ0v) is 19.3. The van der Waals surface area contributed by atoms with Gasteiger partial charge in [0.05, 0.1) is 5.69 Å². The summed E-state index contributed by atoms with van der Waals surface area (Å²) in [7, 11) is 0. The monoisotopic (exact) mass is 448 g/mol. The first kappa shape index (κ1) is 21.9. The number of hydrogen-bond acceptors (Lipinski definition) is 5. The first-order chi connectivity index (χ1) is 16.1. The molecule has 2 amide bonds. The van der Waals surface area contributed by atoms with Gasteiger partial charge in [-0.1, -0.05) is 42.5 Å². The Morgan fingerprint density at radius 3 is 2.45 bits per heavy atom. The molecule has 1 saturated carbocycles. The van der Waals surface area contributed by atoms with Crippen LogP contribution in [-0.4, -0.2) is 77.3 Å². The molecule has 3 aliphatic rings. The van der Waals surface area contributed by atoms with Gasteiger partial charge in [0.15, 0.2) is 6.39 Å². The van der Waals surface area contributed by atoms with Gasteiger partial charge in [-0.25, -0.2) is 4.98 Å². The minimum absolute atomic E-state index is 0.0826. The maximum Gasteiger partial charge on any atom is 0.291 e. The van der Waals surface area contributed by atoms with Crippen molar-refractivity contribution >= 4 is 17.9 Å². The van der Waals surface area contributed by atoms with E-state index < -0.39 is 0 Å². The van der Waals surface area contributed by atoms with E-state index in [9.17, 15) is 9.59 Å². The SMILES string of the molecule is Cc1ncoc1C(=O)N1CCC2(CC1)CC2C(=O)N1CCN(C/C=C/c2ccccc2)CC1. The van der Waals surface area contributed by atoms with Crippen molar-refractivity contribution in [1.29, 1.82) is 0 Å². The molecule has 1 aromatic heterocycles. The Morgan fingerprint density at radius 2 is 1.79 bits per heavy atom. The Labute approximate surface area is 195 Å². The van der Waals surface area contributed by atoms with Crippen molar-refractivity contribution in [3.05, 3.63) is 59.8 Å². The summed E-state index contributed by atoms with van der Waals surface area (Å²) in [6.07, 6.45) is 8.45. The highest BCUT2D eigenvalue weighted by Gasteiger charge is 2.59. The lowest BCUT2D eigenvalue weighted by Crippen LogP contribution is -2.49. The second-order valence-corrected chi connectivity index (χ2v) is 9.62. The Morgan fingerprint density at radius 1 is 1.06 bits per heavy atom. The second kappa shape index (κ2) is 9.14. The van der Waals surface area contributed by atoms with Crippen LogP contribution in [-0.2, 0) is 4.79 Å². The molecule has 174 valence electrons. The van der Waals surface area contributed by atoms with Crippen molar-refractivity contribution in [2.75, 3.05) is 45.8 Å². The molecular formula is C26H32N4O3. The molecule has 1 atom stereocenters. The van der Waals surface area contributed by atoms with Crippen LogP contribution in [0.1, 0.15) is 41.1 Å². The molecular weight excluding hydrogens is 416 g/mol. The summed E-state index contributed by atoms with van der Waals surface area (Å²) in [5, 5.41) is 0. The average Bonchev–Trinajstić information content (AvgIpc) is 3.37. The van der Waals surface area contributed by atoms with Gasteiger partial charge in [0.25, 0.3) is 5.91 Å². The van der Waals surface area contributed by atoms with Crippen molar-refractivity contribution in [3.63, 3.8) is 0 Å². The minimum atomic E-state index is -0.0826. The third kappa shape index (κ3) is 4.60. The molecule has 0 radical (unpaired) electrons. The van der Waals surface area contributed by atoms with E-state index >= 15 is 0 Å². The van der Waals surface area contributed by atoms with E-state index in [0.717, 1.165) is 52.0 Å². The molecule has 7 nitrogen and oxygen atoms in total. The highest BCUT2D eigenvalue weighted by molar-refractivity contribution is 5.92. The van der Waals surface area contributed by atoms with Gasteiger partial charge in [-0.05, 0) is 37.2 Å². The molecule has 1 aliphatic carbocycles. The fourth-order valence-electron chi connectivity index (χ4n) is 5.33. The summed E-state index contributed by atoms with van der Waals surface area (Å²) < 4.78 is 5.27. The summed E-state index contributed by atoms with van der Waals surface area (Å²) in [6.45, 7) is 7.53. The number of amides is 2. The molecule has 1 unspecified atom stereocenters. The van der Waals surface area contributed by atoms with Gasteiger partial charge in [-0.2, -0.15) is 0 Å². The average molecular weight is 449 g/mol. The number of piperazine rings is 1. The molecule has 3 fully saturated rings. The van der Waals surface area contributed by atoms with Gasteiger partial charge in [0.1, 0.15) is 0 Å². The van der Waals surface area contributed by atoms with E-state index in [1.54, 1.807) is 6.92 Å². The van der Waals surface area contributed by atoms with Gasteiger partial charge in [-0.15, -0.1) is 0 Å². The number of benzene rings is 1. The van der Waals surface area contributed by atoms with Crippen molar-refractivity contribution in [3.8, 4) is 0 Å². The van der Waals surface area contributed by atoms with Crippen molar-refractivity contribution < 1.29 is 14.0 Å². The van der Waals surface area contributed by atoms with E-state index in [-0.39, 0.29) is 17.2 Å². The number of oxazole rings is 1. The maximum absolute atomic E-state index is 13.2. The smallest absolute Gasteiger partial charge is 0.291 e.